The number of halogens is 5. The van der Waals surface area contributed by atoms with Gasteiger partial charge in [0.15, 0.2) is 0 Å². The molecule has 4 aliphatic heterocycles. The van der Waals surface area contributed by atoms with Crippen molar-refractivity contribution in [1.29, 1.82) is 0 Å². The van der Waals surface area contributed by atoms with E-state index in [1.54, 1.807) is 50.2 Å². The van der Waals surface area contributed by atoms with Crippen LogP contribution in [-0.2, 0) is 48.9 Å². The number of aliphatic hydroxyl groups excluding tert-OH is 1. The molecule has 6 atom stereocenters. The van der Waals surface area contributed by atoms with Crippen molar-refractivity contribution in [3.8, 4) is 0 Å². The molecule has 8 rings (SSSR count). The smallest absolute Gasteiger partial charge is 0.346 e. The number of hydrogen-bond acceptors (Lipinski definition) is 9. The number of fused-ring (bicyclic) bond motifs is 4. The SMILES string of the molecule is Cc1nn(CC(F)CN2C3CCC2CC(OCc2ccccc2F)C3)c(=O)n1CCF.Cc1nn(CC(F)CN2C3CCC2CC(OCc2ccccc2F)C3)c(=O)n1CCO. The highest BCUT2D eigenvalue weighted by molar-refractivity contribution is 5.17. The Bertz CT molecular complexity index is 2020. The van der Waals surface area contributed by atoms with Crippen LogP contribution in [0.3, 0.4) is 0 Å². The summed E-state index contributed by atoms with van der Waals surface area (Å²) in [6, 6.07) is 14.2. The molecule has 6 unspecified atom stereocenters. The molecule has 62 heavy (non-hydrogen) atoms. The zero-order valence-electron chi connectivity index (χ0n) is 35.5. The van der Waals surface area contributed by atoms with Gasteiger partial charge in [-0.15, -0.1) is 0 Å². The average Bonchev–Trinajstić information content (AvgIpc) is 3.82. The van der Waals surface area contributed by atoms with Gasteiger partial charge in [0.2, 0.25) is 0 Å². The molecular weight excluding hydrogens is 816 g/mol. The van der Waals surface area contributed by atoms with Gasteiger partial charge in [0.1, 0.15) is 42.3 Å². The van der Waals surface area contributed by atoms with Crippen molar-refractivity contribution in [2.75, 3.05) is 26.4 Å². The lowest BCUT2D eigenvalue weighted by atomic mass is 9.99. The van der Waals surface area contributed by atoms with Gasteiger partial charge in [-0.05, 0) is 77.3 Å². The zero-order valence-corrected chi connectivity index (χ0v) is 35.5. The molecule has 4 aliphatic rings. The Morgan fingerprint density at radius 1 is 0.645 bits per heavy atom. The summed E-state index contributed by atoms with van der Waals surface area (Å²) in [4.78, 5) is 29.0. The van der Waals surface area contributed by atoms with Crippen LogP contribution >= 0.6 is 0 Å². The van der Waals surface area contributed by atoms with Crippen LogP contribution in [-0.4, -0.2) is 119 Å². The molecule has 0 radical (unpaired) electrons. The molecule has 4 bridgehead atoms. The number of aliphatic hydroxyl groups is 1. The second kappa shape index (κ2) is 21.0. The average molecular weight is 875 g/mol. The van der Waals surface area contributed by atoms with Crippen LogP contribution in [0.25, 0.3) is 0 Å². The minimum Gasteiger partial charge on any atom is -0.395 e. The molecule has 4 saturated heterocycles. The van der Waals surface area contributed by atoms with E-state index in [0.29, 0.717) is 22.8 Å². The van der Waals surface area contributed by atoms with Gasteiger partial charge in [-0.1, -0.05) is 36.4 Å². The molecule has 4 aromatic rings. The summed E-state index contributed by atoms with van der Waals surface area (Å²) in [5, 5.41) is 17.3. The van der Waals surface area contributed by atoms with Crippen LogP contribution in [0, 0.1) is 25.5 Å². The van der Waals surface area contributed by atoms with E-state index >= 15 is 0 Å². The number of ether oxygens (including phenoxy) is 2. The second-order valence-corrected chi connectivity index (χ2v) is 17.1. The molecular formula is C44H59F5N8O5. The number of alkyl halides is 3. The van der Waals surface area contributed by atoms with Crippen LogP contribution in [0.15, 0.2) is 58.1 Å². The summed E-state index contributed by atoms with van der Waals surface area (Å²) in [6.07, 6.45) is 4.80. The fourth-order valence-corrected chi connectivity index (χ4v) is 9.95. The van der Waals surface area contributed by atoms with Gasteiger partial charge in [0.05, 0.1) is 58.2 Å². The first-order valence-electron chi connectivity index (χ1n) is 21.9. The van der Waals surface area contributed by atoms with Crippen molar-refractivity contribution in [2.24, 2.45) is 0 Å². The Hall–Kier alpha value is -4.23. The van der Waals surface area contributed by atoms with Crippen molar-refractivity contribution in [2.45, 2.75) is 153 Å². The predicted octanol–water partition coefficient (Wildman–Crippen LogP) is 5.05. The van der Waals surface area contributed by atoms with Gasteiger partial charge < -0.3 is 14.6 Å². The van der Waals surface area contributed by atoms with Crippen LogP contribution in [0.2, 0.25) is 0 Å². The van der Waals surface area contributed by atoms with E-state index in [-0.39, 0.29) is 107 Å². The van der Waals surface area contributed by atoms with Crippen molar-refractivity contribution in [3.05, 3.63) is 104 Å². The number of nitrogens with zero attached hydrogens (tertiary/aromatic N) is 8. The molecule has 340 valence electrons. The number of aromatic nitrogens is 6. The molecule has 2 aromatic heterocycles. The topological polar surface area (TPSA) is 125 Å². The maximum absolute atomic E-state index is 14.9. The van der Waals surface area contributed by atoms with E-state index in [9.17, 15) is 31.5 Å². The van der Waals surface area contributed by atoms with Crippen molar-refractivity contribution in [1.82, 2.24) is 38.5 Å². The quantitative estimate of drug-likeness (QED) is 0.137. The fourth-order valence-electron chi connectivity index (χ4n) is 9.95. The Balaban J connectivity index is 0.000000186. The second-order valence-electron chi connectivity index (χ2n) is 17.1. The lowest BCUT2D eigenvalue weighted by Gasteiger charge is -2.39. The number of hydrogen-bond donors (Lipinski definition) is 1. The Labute approximate surface area is 358 Å². The number of benzene rings is 2. The minimum atomic E-state index is -1.25. The molecule has 0 spiro atoms. The molecule has 0 amide bonds. The van der Waals surface area contributed by atoms with Crippen LogP contribution in [0.5, 0.6) is 0 Å². The van der Waals surface area contributed by atoms with Crippen molar-refractivity contribution >= 4 is 0 Å². The van der Waals surface area contributed by atoms with Crippen molar-refractivity contribution < 1.29 is 36.5 Å². The van der Waals surface area contributed by atoms with E-state index in [1.165, 1.54) is 21.3 Å². The summed E-state index contributed by atoms with van der Waals surface area (Å²) < 4.78 is 86.8. The first-order valence-corrected chi connectivity index (χ1v) is 21.9. The monoisotopic (exact) mass is 874 g/mol. The third kappa shape index (κ3) is 10.9. The third-order valence-corrected chi connectivity index (χ3v) is 13.0. The van der Waals surface area contributed by atoms with E-state index in [4.69, 9.17) is 14.6 Å². The fraction of sp³-hybridized carbons (Fsp3) is 0.636. The predicted molar refractivity (Wildman–Crippen MR) is 221 cm³/mol. The van der Waals surface area contributed by atoms with Crippen LogP contribution < -0.4 is 11.4 Å². The normalized spacial score (nSPS) is 24.6. The van der Waals surface area contributed by atoms with Gasteiger partial charge in [0, 0.05) is 48.4 Å². The largest absolute Gasteiger partial charge is 0.395 e. The van der Waals surface area contributed by atoms with Crippen molar-refractivity contribution in [3.63, 3.8) is 0 Å². The number of rotatable bonds is 18. The molecule has 18 heteroatoms. The highest BCUT2D eigenvalue weighted by atomic mass is 19.1. The van der Waals surface area contributed by atoms with E-state index < -0.39 is 30.4 Å². The molecule has 6 heterocycles. The number of piperidine rings is 2. The molecule has 4 fully saturated rings. The molecule has 13 nitrogen and oxygen atoms in total. The summed E-state index contributed by atoms with van der Waals surface area (Å²) in [7, 11) is 0. The highest BCUT2D eigenvalue weighted by Gasteiger charge is 2.43. The van der Waals surface area contributed by atoms with E-state index in [0.717, 1.165) is 60.7 Å². The summed E-state index contributed by atoms with van der Waals surface area (Å²) >= 11 is 0. The lowest BCUT2D eigenvalue weighted by molar-refractivity contribution is -0.0350. The Morgan fingerprint density at radius 3 is 1.40 bits per heavy atom. The van der Waals surface area contributed by atoms with Gasteiger partial charge in [-0.3, -0.25) is 18.9 Å². The number of aryl methyl sites for hydroxylation is 2. The van der Waals surface area contributed by atoms with Crippen LogP contribution in [0.4, 0.5) is 22.0 Å². The van der Waals surface area contributed by atoms with Crippen LogP contribution in [0.1, 0.15) is 74.1 Å². The summed E-state index contributed by atoms with van der Waals surface area (Å²) in [5.41, 5.74) is 0.245. The minimum absolute atomic E-state index is 0.0353. The first kappa shape index (κ1) is 45.8. The molecule has 0 saturated carbocycles. The maximum atomic E-state index is 14.9. The lowest BCUT2D eigenvalue weighted by Crippen LogP contribution is -2.48. The summed E-state index contributed by atoms with van der Waals surface area (Å²) in [6.45, 7) is 3.31. The van der Waals surface area contributed by atoms with Gasteiger partial charge in [-0.2, -0.15) is 10.2 Å². The highest BCUT2D eigenvalue weighted by Crippen LogP contribution is 2.39. The van der Waals surface area contributed by atoms with Gasteiger partial charge in [0.25, 0.3) is 0 Å². The summed E-state index contributed by atoms with van der Waals surface area (Å²) in [5.74, 6) is 0.347. The Kier molecular flexibility index (Phi) is 15.5. The maximum Gasteiger partial charge on any atom is 0.346 e. The zero-order chi connectivity index (χ0) is 43.9. The first-order chi connectivity index (χ1) is 29.9. The molecule has 0 aliphatic carbocycles. The van der Waals surface area contributed by atoms with Gasteiger partial charge in [-0.25, -0.2) is 40.9 Å². The molecule has 1 N–H and O–H groups in total. The Morgan fingerprint density at radius 2 is 1.03 bits per heavy atom. The van der Waals surface area contributed by atoms with E-state index in [2.05, 4.69) is 20.0 Å². The standard InChI is InChI=1S/C22H29F3N4O2.C22H30F2N4O3/c1-15-26-29(22(30)27(15)9-8-23)13-17(24)12-28-18-6-7-19(28)11-20(10-18)31-14-16-4-2-3-5-21(16)25;1-15-25-28(22(30)26(15)8-9-29)13-17(23)12-27-18-6-7-19(27)11-20(10-18)31-14-16-4-2-3-5-21(16)24/h2-5,17-20H,6-14H2,1H3;2-5,17-20,29H,6-14H2,1H3. The van der Waals surface area contributed by atoms with Gasteiger partial charge >= 0.3 is 11.4 Å². The third-order valence-electron chi connectivity index (χ3n) is 13.0. The van der Waals surface area contributed by atoms with E-state index in [1.807, 2.05) is 0 Å². The molecule has 2 aromatic carbocycles.